The topological polar surface area (TPSA) is 107 Å². The number of aliphatic hydroxyl groups excluding tert-OH is 1. The van der Waals surface area contributed by atoms with Crippen LogP contribution < -0.4 is 9.64 Å². The molecule has 2 aliphatic heterocycles. The number of epoxide rings is 1. The lowest BCUT2D eigenvalue weighted by Crippen LogP contribution is -2.34. The molecule has 0 radical (unpaired) electrons. The predicted octanol–water partition coefficient (Wildman–Crippen LogP) is 3.47. The highest BCUT2D eigenvalue weighted by Crippen LogP contribution is 2.38. The van der Waals surface area contributed by atoms with Crippen molar-refractivity contribution in [3.63, 3.8) is 0 Å². The van der Waals surface area contributed by atoms with Crippen molar-refractivity contribution in [2.75, 3.05) is 25.1 Å². The van der Waals surface area contributed by atoms with E-state index in [-0.39, 0.29) is 31.6 Å². The molecule has 1 fully saturated rings. The van der Waals surface area contributed by atoms with Crippen LogP contribution in [0.15, 0.2) is 30.5 Å². The van der Waals surface area contributed by atoms with Gasteiger partial charge in [0.25, 0.3) is 5.91 Å². The summed E-state index contributed by atoms with van der Waals surface area (Å²) in [6, 6.07) is 7.90. The number of aromatic amines is 1. The molecule has 35 heavy (non-hydrogen) atoms. The van der Waals surface area contributed by atoms with Gasteiger partial charge in [0.2, 0.25) is 0 Å². The number of unbranched alkanes of at least 4 members (excludes halogenated alkanes) is 2. The molecule has 0 bridgehead atoms. The summed E-state index contributed by atoms with van der Waals surface area (Å²) in [5.41, 5.74) is 2.88. The Hall–Kier alpha value is -3.17. The Morgan fingerprint density at radius 1 is 1.14 bits per heavy atom. The second kappa shape index (κ2) is 9.83. The number of aliphatic hydroxyl groups is 1. The number of anilines is 1. The van der Waals surface area contributed by atoms with E-state index in [1.165, 1.54) is 0 Å². The highest BCUT2D eigenvalue weighted by atomic mass is 16.6. The summed E-state index contributed by atoms with van der Waals surface area (Å²) in [7, 11) is 1.76. The number of aromatic nitrogens is 3. The van der Waals surface area contributed by atoms with Gasteiger partial charge in [-0.15, -0.1) is 0 Å². The van der Waals surface area contributed by atoms with Gasteiger partial charge in [-0.05, 0) is 43.4 Å². The van der Waals surface area contributed by atoms with Gasteiger partial charge in [-0.1, -0.05) is 26.3 Å². The number of fused-ring (bicyclic) bond motifs is 3. The van der Waals surface area contributed by atoms with Crippen LogP contribution in [0.2, 0.25) is 0 Å². The van der Waals surface area contributed by atoms with E-state index in [4.69, 9.17) is 24.5 Å². The van der Waals surface area contributed by atoms with Gasteiger partial charge in [-0.2, -0.15) is 0 Å². The monoisotopic (exact) mass is 479 g/mol. The van der Waals surface area contributed by atoms with Crippen molar-refractivity contribution < 1.29 is 19.4 Å². The quantitative estimate of drug-likeness (QED) is 0.339. The molecular weight excluding hydrogens is 446 g/mol. The molecule has 2 aromatic heterocycles. The Bertz CT molecular complexity index is 1210. The van der Waals surface area contributed by atoms with Gasteiger partial charge in [-0.25, -0.2) is 9.97 Å². The normalized spacial score (nSPS) is 19.2. The molecule has 1 amide bonds. The van der Waals surface area contributed by atoms with Crippen LogP contribution in [0.3, 0.4) is 0 Å². The number of hydrogen-bond donors (Lipinski definition) is 2. The highest BCUT2D eigenvalue weighted by Gasteiger charge is 2.53. The fourth-order valence-electron chi connectivity index (χ4n) is 4.66. The van der Waals surface area contributed by atoms with Crippen LogP contribution in [0.1, 0.15) is 55.0 Å². The number of amides is 1. The molecule has 1 aromatic carbocycles. The second-order valence-corrected chi connectivity index (χ2v) is 9.69. The molecule has 9 nitrogen and oxygen atoms in total. The van der Waals surface area contributed by atoms with E-state index in [0.29, 0.717) is 30.4 Å². The molecule has 0 aliphatic carbocycles. The van der Waals surface area contributed by atoms with E-state index in [1.807, 2.05) is 30.5 Å². The summed E-state index contributed by atoms with van der Waals surface area (Å²) in [6.07, 6.45) is 4.54. The maximum absolute atomic E-state index is 13.3. The summed E-state index contributed by atoms with van der Waals surface area (Å²) in [5.74, 6) is 1.52. The fourth-order valence-corrected chi connectivity index (χ4v) is 4.66. The molecule has 2 atom stereocenters. The molecule has 3 aromatic rings. The summed E-state index contributed by atoms with van der Waals surface area (Å²) in [4.78, 5) is 30.1. The third-order valence-electron chi connectivity index (χ3n) is 6.52. The summed E-state index contributed by atoms with van der Waals surface area (Å²) in [5, 5.41) is 10.2. The highest BCUT2D eigenvalue weighted by molar-refractivity contribution is 5.98. The molecule has 4 heterocycles. The van der Waals surface area contributed by atoms with Crippen molar-refractivity contribution >= 4 is 22.6 Å². The van der Waals surface area contributed by atoms with Gasteiger partial charge in [0.1, 0.15) is 18.1 Å². The molecule has 2 N–H and O–H groups in total. The molecule has 2 unspecified atom stereocenters. The Morgan fingerprint density at radius 3 is 2.80 bits per heavy atom. The SMILES string of the molecule is CC(C)CN1c2nc(COc3cccc4[nH]ccc34)c(CCCCCO)nc2C(=O)N(C)C2OC21. The van der Waals surface area contributed by atoms with Crippen molar-refractivity contribution in [3.8, 4) is 5.75 Å². The second-order valence-electron chi connectivity index (χ2n) is 9.69. The third kappa shape index (κ3) is 4.70. The van der Waals surface area contributed by atoms with Crippen molar-refractivity contribution in [1.82, 2.24) is 19.9 Å². The van der Waals surface area contributed by atoms with E-state index < -0.39 is 0 Å². The minimum absolute atomic E-state index is 0.169. The van der Waals surface area contributed by atoms with Gasteiger partial charge < -0.3 is 29.4 Å². The number of carbonyl (C=O) groups excluding carboxylic acids is 1. The van der Waals surface area contributed by atoms with Crippen molar-refractivity contribution in [3.05, 3.63) is 47.5 Å². The van der Waals surface area contributed by atoms with Crippen molar-refractivity contribution in [1.29, 1.82) is 0 Å². The Kier molecular flexibility index (Phi) is 6.62. The van der Waals surface area contributed by atoms with E-state index in [2.05, 4.69) is 23.7 Å². The number of carbonyl (C=O) groups is 1. The molecule has 5 rings (SSSR count). The molecular formula is C26H33N5O4. The van der Waals surface area contributed by atoms with Crippen LogP contribution in [0.5, 0.6) is 5.75 Å². The van der Waals surface area contributed by atoms with Gasteiger partial charge in [0.15, 0.2) is 24.0 Å². The van der Waals surface area contributed by atoms with Gasteiger partial charge in [0.05, 0.1) is 5.69 Å². The first kappa shape index (κ1) is 23.6. The van der Waals surface area contributed by atoms with Crippen LogP contribution in [0, 0.1) is 5.92 Å². The van der Waals surface area contributed by atoms with Crippen molar-refractivity contribution in [2.24, 2.45) is 5.92 Å². The predicted molar refractivity (Wildman–Crippen MR) is 132 cm³/mol. The average molecular weight is 480 g/mol. The van der Waals surface area contributed by atoms with E-state index in [9.17, 15) is 4.79 Å². The number of nitrogens with one attached hydrogen (secondary N) is 1. The van der Waals surface area contributed by atoms with Crippen molar-refractivity contribution in [2.45, 2.75) is 58.6 Å². The average Bonchev–Trinajstić information content (AvgIpc) is 3.50. The van der Waals surface area contributed by atoms with Crippen LogP contribution in [-0.2, 0) is 17.8 Å². The number of benzene rings is 1. The Balaban J connectivity index is 1.51. The lowest BCUT2D eigenvalue weighted by atomic mass is 10.1. The largest absolute Gasteiger partial charge is 0.487 e. The lowest BCUT2D eigenvalue weighted by molar-refractivity contribution is 0.0719. The maximum atomic E-state index is 13.3. The minimum atomic E-state index is -0.281. The molecule has 0 spiro atoms. The molecule has 2 aliphatic rings. The molecule has 9 heteroatoms. The molecule has 186 valence electrons. The number of H-pyrrole nitrogens is 1. The van der Waals surface area contributed by atoms with Gasteiger partial charge in [0, 0.05) is 37.3 Å². The van der Waals surface area contributed by atoms with Crippen LogP contribution >= 0.6 is 0 Å². The Labute approximate surface area is 205 Å². The summed E-state index contributed by atoms with van der Waals surface area (Å²) >= 11 is 0. The minimum Gasteiger partial charge on any atom is -0.487 e. The van der Waals surface area contributed by atoms with E-state index in [0.717, 1.165) is 47.3 Å². The first-order chi connectivity index (χ1) is 17.0. The molecule has 0 saturated carbocycles. The third-order valence-corrected chi connectivity index (χ3v) is 6.52. The van der Waals surface area contributed by atoms with Gasteiger partial charge >= 0.3 is 0 Å². The smallest absolute Gasteiger partial charge is 0.278 e. The zero-order valence-electron chi connectivity index (χ0n) is 20.5. The zero-order valence-corrected chi connectivity index (χ0v) is 20.5. The fraction of sp³-hybridized carbons (Fsp3) is 0.500. The summed E-state index contributed by atoms with van der Waals surface area (Å²) in [6.45, 7) is 5.40. The van der Waals surface area contributed by atoms with E-state index in [1.54, 1.807) is 11.9 Å². The standard InChI is InChI=1S/C26H33N5O4/c1-16(2)14-31-23-22(24(33)30(3)25-26(31)35-25)28-19(8-5-4-6-13-32)20(29-23)15-34-21-10-7-9-18-17(21)11-12-27-18/h7,9-12,16,25-27,32H,4-6,8,13-15H2,1-3H3. The first-order valence-corrected chi connectivity index (χ1v) is 12.4. The summed E-state index contributed by atoms with van der Waals surface area (Å²) < 4.78 is 12.1. The number of aryl methyl sites for hydroxylation is 1. The van der Waals surface area contributed by atoms with Crippen LogP contribution in [0.25, 0.3) is 10.9 Å². The van der Waals surface area contributed by atoms with Gasteiger partial charge in [-0.3, -0.25) is 4.79 Å². The van der Waals surface area contributed by atoms with Crippen LogP contribution in [-0.4, -0.2) is 63.5 Å². The number of hydrogen-bond acceptors (Lipinski definition) is 7. The Morgan fingerprint density at radius 2 is 2.00 bits per heavy atom. The first-order valence-electron chi connectivity index (χ1n) is 12.4. The molecule has 1 saturated heterocycles. The maximum Gasteiger partial charge on any atom is 0.278 e. The zero-order chi connectivity index (χ0) is 24.5. The number of likely N-dealkylation sites (N-methyl/N-ethyl adjacent to an activating group) is 1. The number of ether oxygens (including phenoxy) is 2. The number of nitrogens with zero attached hydrogens (tertiary/aromatic N) is 4. The number of rotatable bonds is 10. The van der Waals surface area contributed by atoms with E-state index >= 15 is 0 Å². The van der Waals surface area contributed by atoms with Crippen LogP contribution in [0.4, 0.5) is 5.82 Å². The lowest BCUT2D eigenvalue weighted by Gasteiger charge is -2.25.